The van der Waals surface area contributed by atoms with Crippen LogP contribution in [0.15, 0.2) is 70.2 Å². The van der Waals surface area contributed by atoms with Crippen molar-refractivity contribution in [2.45, 2.75) is 26.4 Å². The number of pyridine rings is 1. The van der Waals surface area contributed by atoms with Gasteiger partial charge in [0.1, 0.15) is 11.5 Å². The molecule has 1 unspecified atom stereocenters. The maximum absolute atomic E-state index is 5.67. The summed E-state index contributed by atoms with van der Waals surface area (Å²) in [5.41, 5.74) is 3.24. The molecule has 2 N–H and O–H groups in total. The van der Waals surface area contributed by atoms with E-state index in [-0.39, 0.29) is 6.04 Å². The van der Waals surface area contributed by atoms with Gasteiger partial charge in [-0.25, -0.2) is 0 Å². The number of aromatic nitrogens is 1. The molecule has 0 aliphatic carbocycles. The van der Waals surface area contributed by atoms with Crippen molar-refractivity contribution in [3.05, 3.63) is 77.9 Å². The highest BCUT2D eigenvalue weighted by Gasteiger charge is 2.11. The molecule has 5 nitrogen and oxygen atoms in total. The molecular weight excluding hydrogens is 324 g/mol. The first-order valence-corrected chi connectivity index (χ1v) is 8.69. The van der Waals surface area contributed by atoms with E-state index in [1.54, 1.807) is 7.05 Å². The van der Waals surface area contributed by atoms with Crippen molar-refractivity contribution in [2.75, 3.05) is 7.05 Å². The summed E-state index contributed by atoms with van der Waals surface area (Å²) < 4.78 is 5.67. The van der Waals surface area contributed by atoms with E-state index in [4.69, 9.17) is 4.42 Å². The van der Waals surface area contributed by atoms with Gasteiger partial charge in [-0.05, 0) is 49.7 Å². The van der Waals surface area contributed by atoms with Gasteiger partial charge in [0.25, 0.3) is 0 Å². The number of aliphatic imine (C=N–C) groups is 1. The highest BCUT2D eigenvalue weighted by atomic mass is 16.3. The topological polar surface area (TPSA) is 62.5 Å². The second-order valence-electron chi connectivity index (χ2n) is 6.16. The molecule has 3 rings (SSSR count). The molecule has 134 valence electrons. The number of hydrogen-bond acceptors (Lipinski definition) is 3. The zero-order chi connectivity index (χ0) is 18.4. The van der Waals surface area contributed by atoms with E-state index in [1.807, 2.05) is 56.4 Å². The largest absolute Gasteiger partial charge is 0.464 e. The first-order chi connectivity index (χ1) is 12.7. The number of aryl methyl sites for hydroxylation is 1. The SMILES string of the molecule is CN=C(NCc1cccc(-c2ccccn2)c1)NC(C)c1ccc(C)o1. The standard InChI is InChI=1S/C21H24N4O/c1-15-10-11-20(26-15)16(2)25-21(22-3)24-14-17-7-6-8-18(13-17)19-9-4-5-12-23-19/h4-13,16H,14H2,1-3H3,(H2,22,24,25). The van der Waals surface area contributed by atoms with Crippen LogP contribution in [0.2, 0.25) is 0 Å². The van der Waals surface area contributed by atoms with Crippen molar-refractivity contribution in [3.63, 3.8) is 0 Å². The monoisotopic (exact) mass is 348 g/mol. The molecule has 0 aliphatic rings. The summed E-state index contributed by atoms with van der Waals surface area (Å²) in [4.78, 5) is 8.71. The normalized spacial score (nSPS) is 12.7. The third kappa shape index (κ3) is 4.51. The van der Waals surface area contributed by atoms with Gasteiger partial charge in [0.05, 0.1) is 11.7 Å². The Balaban J connectivity index is 1.62. The molecule has 0 amide bonds. The van der Waals surface area contributed by atoms with Crippen LogP contribution < -0.4 is 10.6 Å². The van der Waals surface area contributed by atoms with Gasteiger partial charge < -0.3 is 15.1 Å². The van der Waals surface area contributed by atoms with Crippen molar-refractivity contribution in [1.82, 2.24) is 15.6 Å². The fourth-order valence-corrected chi connectivity index (χ4v) is 2.72. The number of guanidine groups is 1. The van der Waals surface area contributed by atoms with E-state index in [0.29, 0.717) is 6.54 Å². The third-order valence-corrected chi connectivity index (χ3v) is 4.11. The summed E-state index contributed by atoms with van der Waals surface area (Å²) in [7, 11) is 1.76. The van der Waals surface area contributed by atoms with E-state index in [0.717, 1.165) is 34.3 Å². The minimum absolute atomic E-state index is 0.0368. The van der Waals surface area contributed by atoms with Gasteiger partial charge in [-0.2, -0.15) is 0 Å². The van der Waals surface area contributed by atoms with Gasteiger partial charge >= 0.3 is 0 Å². The average Bonchev–Trinajstić information content (AvgIpc) is 3.12. The van der Waals surface area contributed by atoms with E-state index >= 15 is 0 Å². The molecule has 0 spiro atoms. The summed E-state index contributed by atoms with van der Waals surface area (Å²) >= 11 is 0. The van der Waals surface area contributed by atoms with E-state index in [1.165, 1.54) is 0 Å². The quantitative estimate of drug-likeness (QED) is 0.539. The lowest BCUT2D eigenvalue weighted by atomic mass is 10.1. The van der Waals surface area contributed by atoms with Crippen molar-refractivity contribution >= 4 is 5.96 Å². The van der Waals surface area contributed by atoms with E-state index in [2.05, 4.69) is 38.8 Å². The molecule has 0 saturated carbocycles. The maximum Gasteiger partial charge on any atom is 0.191 e. The van der Waals surface area contributed by atoms with Gasteiger partial charge in [0, 0.05) is 25.4 Å². The molecule has 1 atom stereocenters. The predicted octanol–water partition coefficient (Wildman–Crippen LogP) is 4.08. The van der Waals surface area contributed by atoms with Gasteiger partial charge in [0.15, 0.2) is 5.96 Å². The van der Waals surface area contributed by atoms with Crippen LogP contribution in [0.4, 0.5) is 0 Å². The summed E-state index contributed by atoms with van der Waals surface area (Å²) in [6.45, 7) is 4.66. The minimum Gasteiger partial charge on any atom is -0.464 e. The van der Waals surface area contributed by atoms with Crippen LogP contribution in [0, 0.1) is 6.92 Å². The number of furan rings is 1. The van der Waals surface area contributed by atoms with Gasteiger partial charge in [-0.15, -0.1) is 0 Å². The summed E-state index contributed by atoms with van der Waals surface area (Å²) in [5, 5.41) is 6.69. The van der Waals surface area contributed by atoms with Crippen molar-refractivity contribution in [2.24, 2.45) is 4.99 Å². The fourth-order valence-electron chi connectivity index (χ4n) is 2.72. The van der Waals surface area contributed by atoms with Crippen LogP contribution >= 0.6 is 0 Å². The lowest BCUT2D eigenvalue weighted by Crippen LogP contribution is -2.38. The molecule has 0 saturated heterocycles. The Morgan fingerprint density at radius 2 is 2.04 bits per heavy atom. The van der Waals surface area contributed by atoms with E-state index in [9.17, 15) is 0 Å². The molecule has 0 bridgehead atoms. The van der Waals surface area contributed by atoms with Crippen molar-refractivity contribution in [3.8, 4) is 11.3 Å². The van der Waals surface area contributed by atoms with Crippen LogP contribution in [0.1, 0.15) is 30.0 Å². The Labute approximate surface area is 154 Å². The molecule has 5 heteroatoms. The van der Waals surface area contributed by atoms with E-state index < -0.39 is 0 Å². The fraction of sp³-hybridized carbons (Fsp3) is 0.238. The second kappa shape index (κ2) is 8.34. The Morgan fingerprint density at radius 3 is 2.73 bits per heavy atom. The summed E-state index contributed by atoms with van der Waals surface area (Å²) in [6, 6.07) is 18.3. The van der Waals surface area contributed by atoms with Gasteiger partial charge in [-0.3, -0.25) is 9.98 Å². The number of nitrogens with one attached hydrogen (secondary N) is 2. The van der Waals surface area contributed by atoms with Crippen LogP contribution in [0.25, 0.3) is 11.3 Å². The van der Waals surface area contributed by atoms with Crippen LogP contribution in [-0.4, -0.2) is 18.0 Å². The first kappa shape index (κ1) is 17.7. The lowest BCUT2D eigenvalue weighted by Gasteiger charge is -2.16. The highest BCUT2D eigenvalue weighted by molar-refractivity contribution is 5.80. The number of benzene rings is 1. The van der Waals surface area contributed by atoms with Crippen LogP contribution in [-0.2, 0) is 6.54 Å². The lowest BCUT2D eigenvalue weighted by molar-refractivity contribution is 0.441. The average molecular weight is 348 g/mol. The van der Waals surface area contributed by atoms with Crippen LogP contribution in [0.3, 0.4) is 0 Å². The molecule has 26 heavy (non-hydrogen) atoms. The Bertz CT molecular complexity index is 870. The molecular formula is C21H24N4O. The molecule has 0 radical (unpaired) electrons. The molecule has 1 aromatic carbocycles. The zero-order valence-electron chi connectivity index (χ0n) is 15.4. The summed E-state index contributed by atoms with van der Waals surface area (Å²) in [6.07, 6.45) is 1.81. The number of rotatable bonds is 5. The Morgan fingerprint density at radius 1 is 1.15 bits per heavy atom. The first-order valence-electron chi connectivity index (χ1n) is 8.69. The second-order valence-corrected chi connectivity index (χ2v) is 6.16. The van der Waals surface area contributed by atoms with Gasteiger partial charge in [-0.1, -0.05) is 24.3 Å². The minimum atomic E-state index is 0.0368. The third-order valence-electron chi connectivity index (χ3n) is 4.11. The number of nitrogens with zero attached hydrogens (tertiary/aromatic N) is 2. The molecule has 0 aliphatic heterocycles. The number of hydrogen-bond donors (Lipinski definition) is 2. The van der Waals surface area contributed by atoms with Crippen molar-refractivity contribution < 1.29 is 4.42 Å². The Hall–Kier alpha value is -3.08. The smallest absolute Gasteiger partial charge is 0.191 e. The predicted molar refractivity (Wildman–Crippen MR) is 105 cm³/mol. The van der Waals surface area contributed by atoms with Crippen molar-refractivity contribution in [1.29, 1.82) is 0 Å². The van der Waals surface area contributed by atoms with Gasteiger partial charge in [0.2, 0.25) is 0 Å². The van der Waals surface area contributed by atoms with Crippen LogP contribution in [0.5, 0.6) is 0 Å². The Kier molecular flexibility index (Phi) is 5.69. The molecule has 2 aromatic heterocycles. The maximum atomic E-state index is 5.67. The zero-order valence-corrected chi connectivity index (χ0v) is 15.4. The summed E-state index contributed by atoms with van der Waals surface area (Å²) in [5.74, 6) is 2.53. The molecule has 2 heterocycles. The molecule has 3 aromatic rings. The molecule has 0 fully saturated rings. The highest BCUT2D eigenvalue weighted by Crippen LogP contribution is 2.18.